The lowest BCUT2D eigenvalue weighted by Gasteiger charge is -1.96. The monoisotopic (exact) mass is 153 g/mol. The van der Waals surface area contributed by atoms with E-state index in [1.165, 1.54) is 0 Å². The predicted octanol–water partition coefficient (Wildman–Crippen LogP) is 2.54. The zero-order valence-corrected chi connectivity index (χ0v) is 6.30. The Hall–Kier alpha value is -0.820. The van der Waals surface area contributed by atoms with Crippen LogP contribution < -0.4 is 0 Å². The third-order valence-electron chi connectivity index (χ3n) is 1.24. The molecule has 0 aromatic heterocycles. The Labute approximate surface area is 65.4 Å². The highest BCUT2D eigenvalue weighted by Crippen LogP contribution is 2.14. The van der Waals surface area contributed by atoms with Crippen LogP contribution >= 0.6 is 11.6 Å². The van der Waals surface area contributed by atoms with Gasteiger partial charge in [-0.3, -0.25) is 4.99 Å². The van der Waals surface area contributed by atoms with Gasteiger partial charge in [0.05, 0.1) is 6.54 Å². The van der Waals surface area contributed by atoms with Crippen molar-refractivity contribution in [2.45, 2.75) is 6.54 Å². The fourth-order valence-electron chi connectivity index (χ4n) is 0.747. The van der Waals surface area contributed by atoms with Gasteiger partial charge in [0.2, 0.25) is 0 Å². The van der Waals surface area contributed by atoms with Crippen LogP contribution in [0.3, 0.4) is 0 Å². The summed E-state index contributed by atoms with van der Waals surface area (Å²) in [5.41, 5.74) is 1.03. The molecule has 1 aromatic carbocycles. The van der Waals surface area contributed by atoms with Gasteiger partial charge in [0, 0.05) is 5.02 Å². The van der Waals surface area contributed by atoms with Gasteiger partial charge in [-0.05, 0) is 18.3 Å². The second kappa shape index (κ2) is 3.37. The highest BCUT2D eigenvalue weighted by molar-refractivity contribution is 6.31. The predicted molar refractivity (Wildman–Crippen MR) is 44.7 cm³/mol. The zero-order chi connectivity index (χ0) is 7.40. The molecule has 0 amide bonds. The van der Waals surface area contributed by atoms with E-state index in [4.69, 9.17) is 11.6 Å². The molecule has 0 bridgehead atoms. The molecule has 1 nitrogen and oxygen atoms in total. The second-order valence-corrected chi connectivity index (χ2v) is 2.38. The molecule has 52 valence electrons. The van der Waals surface area contributed by atoms with E-state index in [9.17, 15) is 0 Å². The van der Waals surface area contributed by atoms with E-state index < -0.39 is 0 Å². The van der Waals surface area contributed by atoms with Crippen LogP contribution in [0.5, 0.6) is 0 Å². The van der Waals surface area contributed by atoms with E-state index in [1.54, 1.807) is 0 Å². The lowest BCUT2D eigenvalue weighted by molar-refractivity contribution is 1.08. The Morgan fingerprint density at radius 3 is 2.70 bits per heavy atom. The molecule has 1 aromatic rings. The smallest absolute Gasteiger partial charge is 0.0647 e. The molecular formula is C8H8ClN. The van der Waals surface area contributed by atoms with Gasteiger partial charge in [0.25, 0.3) is 0 Å². The third kappa shape index (κ3) is 1.58. The van der Waals surface area contributed by atoms with Crippen molar-refractivity contribution in [2.75, 3.05) is 0 Å². The van der Waals surface area contributed by atoms with Crippen molar-refractivity contribution >= 4 is 18.3 Å². The fourth-order valence-corrected chi connectivity index (χ4v) is 0.943. The molecule has 2 heteroatoms. The summed E-state index contributed by atoms with van der Waals surface area (Å²) in [7, 11) is 0. The van der Waals surface area contributed by atoms with Crippen LogP contribution in [0.15, 0.2) is 29.3 Å². The summed E-state index contributed by atoms with van der Waals surface area (Å²) in [6.45, 7) is 3.99. The Kier molecular flexibility index (Phi) is 2.46. The van der Waals surface area contributed by atoms with Crippen molar-refractivity contribution < 1.29 is 0 Å². The molecule has 0 heterocycles. The Morgan fingerprint density at radius 2 is 2.10 bits per heavy atom. The van der Waals surface area contributed by atoms with Crippen molar-refractivity contribution in [3.8, 4) is 0 Å². The third-order valence-corrected chi connectivity index (χ3v) is 1.61. The molecule has 0 aliphatic rings. The summed E-state index contributed by atoms with van der Waals surface area (Å²) >= 11 is 5.82. The Balaban J connectivity index is 2.91. The molecule has 0 N–H and O–H groups in total. The highest BCUT2D eigenvalue weighted by Gasteiger charge is 1.93. The van der Waals surface area contributed by atoms with Gasteiger partial charge in [-0.25, -0.2) is 0 Å². The molecule has 0 radical (unpaired) electrons. The first kappa shape index (κ1) is 7.29. The summed E-state index contributed by atoms with van der Waals surface area (Å²) in [4.78, 5) is 3.73. The van der Waals surface area contributed by atoms with Crippen molar-refractivity contribution in [3.05, 3.63) is 34.9 Å². The molecule has 10 heavy (non-hydrogen) atoms. The van der Waals surface area contributed by atoms with Crippen molar-refractivity contribution in [2.24, 2.45) is 4.99 Å². The van der Waals surface area contributed by atoms with Gasteiger partial charge in [0.1, 0.15) is 0 Å². The SMILES string of the molecule is C=NCc1ccccc1Cl. The normalized spacial score (nSPS) is 9.30. The maximum absolute atomic E-state index is 5.82. The minimum absolute atomic E-state index is 0.597. The lowest BCUT2D eigenvalue weighted by atomic mass is 10.2. The summed E-state index contributed by atoms with van der Waals surface area (Å²) in [6, 6.07) is 7.63. The largest absolute Gasteiger partial charge is 0.296 e. The van der Waals surface area contributed by atoms with Crippen LogP contribution in [0, 0.1) is 0 Å². The average molecular weight is 154 g/mol. The number of aliphatic imine (C=N–C) groups is 1. The molecule has 0 aliphatic carbocycles. The molecule has 1 rings (SSSR count). The van der Waals surface area contributed by atoms with Crippen molar-refractivity contribution in [3.63, 3.8) is 0 Å². The summed E-state index contributed by atoms with van der Waals surface area (Å²) in [5, 5.41) is 0.759. The fraction of sp³-hybridized carbons (Fsp3) is 0.125. The summed E-state index contributed by atoms with van der Waals surface area (Å²) in [6.07, 6.45) is 0. The van der Waals surface area contributed by atoms with Crippen molar-refractivity contribution in [1.29, 1.82) is 0 Å². The second-order valence-electron chi connectivity index (χ2n) is 1.97. The summed E-state index contributed by atoms with van der Waals surface area (Å²) < 4.78 is 0. The quantitative estimate of drug-likeness (QED) is 0.579. The number of benzene rings is 1. The first-order valence-electron chi connectivity index (χ1n) is 3.00. The van der Waals surface area contributed by atoms with Gasteiger partial charge in [-0.15, -0.1) is 0 Å². The molecular weight excluding hydrogens is 146 g/mol. The first-order valence-corrected chi connectivity index (χ1v) is 3.38. The van der Waals surface area contributed by atoms with E-state index in [0.29, 0.717) is 6.54 Å². The zero-order valence-electron chi connectivity index (χ0n) is 5.55. The molecule has 0 saturated heterocycles. The van der Waals surface area contributed by atoms with E-state index in [2.05, 4.69) is 11.7 Å². The number of halogens is 1. The number of rotatable bonds is 2. The maximum Gasteiger partial charge on any atom is 0.0647 e. The van der Waals surface area contributed by atoms with Crippen molar-refractivity contribution in [1.82, 2.24) is 0 Å². The first-order chi connectivity index (χ1) is 4.84. The van der Waals surface area contributed by atoms with E-state index in [0.717, 1.165) is 10.6 Å². The minimum Gasteiger partial charge on any atom is -0.296 e. The molecule has 0 saturated carbocycles. The molecule has 0 spiro atoms. The summed E-state index contributed by atoms with van der Waals surface area (Å²) in [5.74, 6) is 0. The maximum atomic E-state index is 5.82. The van der Waals surface area contributed by atoms with Gasteiger partial charge in [-0.1, -0.05) is 29.8 Å². The van der Waals surface area contributed by atoms with Crippen LogP contribution in [0.1, 0.15) is 5.56 Å². The van der Waals surface area contributed by atoms with Crippen LogP contribution in [0.2, 0.25) is 5.02 Å². The molecule has 0 fully saturated rings. The molecule has 0 unspecified atom stereocenters. The number of nitrogens with zero attached hydrogens (tertiary/aromatic N) is 1. The highest BCUT2D eigenvalue weighted by atomic mass is 35.5. The Bertz CT molecular complexity index is 232. The van der Waals surface area contributed by atoms with Gasteiger partial charge in [-0.2, -0.15) is 0 Å². The molecule has 0 atom stereocenters. The lowest BCUT2D eigenvalue weighted by Crippen LogP contribution is -1.80. The van der Waals surface area contributed by atoms with Gasteiger partial charge in [0.15, 0.2) is 0 Å². The van der Waals surface area contributed by atoms with Crippen LogP contribution in [-0.2, 0) is 6.54 Å². The van der Waals surface area contributed by atoms with E-state index in [1.807, 2.05) is 24.3 Å². The van der Waals surface area contributed by atoms with Gasteiger partial charge >= 0.3 is 0 Å². The molecule has 0 aliphatic heterocycles. The number of hydrogen-bond acceptors (Lipinski definition) is 1. The van der Waals surface area contributed by atoms with Gasteiger partial charge < -0.3 is 0 Å². The number of hydrogen-bond donors (Lipinski definition) is 0. The van der Waals surface area contributed by atoms with E-state index in [-0.39, 0.29) is 0 Å². The van der Waals surface area contributed by atoms with Crippen LogP contribution in [0.25, 0.3) is 0 Å². The Morgan fingerprint density at radius 1 is 1.40 bits per heavy atom. The minimum atomic E-state index is 0.597. The van der Waals surface area contributed by atoms with E-state index >= 15 is 0 Å². The van der Waals surface area contributed by atoms with Crippen LogP contribution in [0.4, 0.5) is 0 Å². The topological polar surface area (TPSA) is 12.4 Å². The standard InChI is InChI=1S/C8H8ClN/c1-10-6-7-4-2-3-5-8(7)9/h2-5H,1,6H2. The van der Waals surface area contributed by atoms with Crippen LogP contribution in [-0.4, -0.2) is 6.72 Å². The average Bonchev–Trinajstić information content (AvgIpc) is 1.94.